The van der Waals surface area contributed by atoms with E-state index in [2.05, 4.69) is 19.8 Å². The molecule has 0 unspecified atom stereocenters. The molecule has 166 valence electrons. The van der Waals surface area contributed by atoms with Crippen molar-refractivity contribution in [2.75, 3.05) is 51.2 Å². The van der Waals surface area contributed by atoms with Crippen LogP contribution in [0.1, 0.15) is 38.5 Å². The Balaban J connectivity index is 1.19. The molecule has 2 fully saturated rings. The molecule has 4 rings (SSSR count). The number of amides is 1. The van der Waals surface area contributed by atoms with Crippen LogP contribution in [0.2, 0.25) is 0 Å². The molecule has 0 radical (unpaired) electrons. The van der Waals surface area contributed by atoms with Gasteiger partial charge in [-0.2, -0.15) is 0 Å². The number of fused-ring (bicyclic) bond motifs is 1. The summed E-state index contributed by atoms with van der Waals surface area (Å²) >= 11 is 0. The minimum absolute atomic E-state index is 0.0993. The zero-order valence-corrected chi connectivity index (χ0v) is 18.3. The van der Waals surface area contributed by atoms with Crippen LogP contribution in [0.5, 0.6) is 5.75 Å². The standard InChI is InChI=1S/C21H32N4O4S/c26-21-16-29-20-15-18(7-8-19(20)23-21)30(27,28)22-9-4-10-24-11-13-25(14-12-24)17-5-2-1-3-6-17/h7-8,15,17,22H,1-6,9-14,16H2,(H,23,26). The molecule has 0 aromatic heterocycles. The van der Waals surface area contributed by atoms with Crippen molar-refractivity contribution in [3.05, 3.63) is 18.2 Å². The van der Waals surface area contributed by atoms with Gasteiger partial charge in [-0.15, -0.1) is 0 Å². The molecule has 0 spiro atoms. The first-order valence-corrected chi connectivity index (χ1v) is 12.5. The van der Waals surface area contributed by atoms with Gasteiger partial charge in [0.15, 0.2) is 6.61 Å². The number of nitrogens with zero attached hydrogens (tertiary/aromatic N) is 2. The lowest BCUT2D eigenvalue weighted by molar-refractivity contribution is -0.118. The number of hydrogen-bond acceptors (Lipinski definition) is 6. The highest BCUT2D eigenvalue weighted by molar-refractivity contribution is 7.89. The number of hydrogen-bond donors (Lipinski definition) is 2. The van der Waals surface area contributed by atoms with Crippen molar-refractivity contribution in [2.24, 2.45) is 0 Å². The molecular weight excluding hydrogens is 404 g/mol. The van der Waals surface area contributed by atoms with Gasteiger partial charge < -0.3 is 15.0 Å². The highest BCUT2D eigenvalue weighted by atomic mass is 32.2. The predicted octanol–water partition coefficient (Wildman–Crippen LogP) is 1.64. The molecule has 1 saturated carbocycles. The normalized spacial score (nSPS) is 21.7. The number of carbonyl (C=O) groups is 1. The highest BCUT2D eigenvalue weighted by Crippen LogP contribution is 2.30. The largest absolute Gasteiger partial charge is 0.482 e. The Hall–Kier alpha value is -1.68. The maximum absolute atomic E-state index is 12.6. The number of nitrogens with one attached hydrogen (secondary N) is 2. The van der Waals surface area contributed by atoms with E-state index in [1.807, 2.05) is 0 Å². The van der Waals surface area contributed by atoms with E-state index >= 15 is 0 Å². The molecule has 1 amide bonds. The third-order valence-electron chi connectivity index (χ3n) is 6.34. The molecule has 2 heterocycles. The molecule has 0 atom stereocenters. The van der Waals surface area contributed by atoms with Crippen LogP contribution in [0, 0.1) is 0 Å². The third-order valence-corrected chi connectivity index (χ3v) is 7.80. The number of benzene rings is 1. The highest BCUT2D eigenvalue weighted by Gasteiger charge is 2.25. The van der Waals surface area contributed by atoms with Crippen molar-refractivity contribution in [3.63, 3.8) is 0 Å². The molecule has 1 aromatic rings. The molecule has 30 heavy (non-hydrogen) atoms. The number of anilines is 1. The molecule has 8 nitrogen and oxygen atoms in total. The van der Waals surface area contributed by atoms with Gasteiger partial charge in [0.05, 0.1) is 10.6 Å². The first-order chi connectivity index (χ1) is 14.5. The van der Waals surface area contributed by atoms with Crippen LogP contribution in [0.4, 0.5) is 5.69 Å². The Kier molecular flexibility index (Phi) is 6.92. The van der Waals surface area contributed by atoms with Gasteiger partial charge in [0.1, 0.15) is 5.75 Å². The van der Waals surface area contributed by atoms with Crippen molar-refractivity contribution < 1.29 is 17.9 Å². The summed E-state index contributed by atoms with van der Waals surface area (Å²) in [7, 11) is -3.60. The lowest BCUT2D eigenvalue weighted by atomic mass is 9.94. The predicted molar refractivity (Wildman–Crippen MR) is 115 cm³/mol. The monoisotopic (exact) mass is 436 g/mol. The number of carbonyl (C=O) groups excluding carboxylic acids is 1. The van der Waals surface area contributed by atoms with Gasteiger partial charge in [0.25, 0.3) is 5.91 Å². The average Bonchev–Trinajstić information content (AvgIpc) is 2.77. The number of piperazine rings is 1. The summed E-state index contributed by atoms with van der Waals surface area (Å²) in [4.78, 5) is 16.6. The van der Waals surface area contributed by atoms with Gasteiger partial charge in [-0.1, -0.05) is 19.3 Å². The van der Waals surface area contributed by atoms with Crippen LogP contribution in [0.15, 0.2) is 23.1 Å². The van der Waals surface area contributed by atoms with Gasteiger partial charge >= 0.3 is 0 Å². The summed E-state index contributed by atoms with van der Waals surface area (Å²) in [6.45, 7) is 5.59. The van der Waals surface area contributed by atoms with Crippen molar-refractivity contribution in [1.29, 1.82) is 0 Å². The second kappa shape index (κ2) is 9.64. The number of sulfonamides is 1. The lowest BCUT2D eigenvalue weighted by Crippen LogP contribution is -2.51. The smallest absolute Gasteiger partial charge is 0.262 e. The van der Waals surface area contributed by atoms with Gasteiger partial charge in [-0.3, -0.25) is 9.69 Å². The van der Waals surface area contributed by atoms with E-state index < -0.39 is 10.0 Å². The van der Waals surface area contributed by atoms with Crippen LogP contribution in [0.3, 0.4) is 0 Å². The molecule has 9 heteroatoms. The Bertz CT molecular complexity index is 847. The van der Waals surface area contributed by atoms with E-state index in [4.69, 9.17) is 4.74 Å². The van der Waals surface area contributed by atoms with E-state index in [9.17, 15) is 13.2 Å². The maximum Gasteiger partial charge on any atom is 0.262 e. The summed E-state index contributed by atoms with van der Waals surface area (Å²) < 4.78 is 33.2. The summed E-state index contributed by atoms with van der Waals surface area (Å²) in [6, 6.07) is 5.29. The second-order valence-corrected chi connectivity index (χ2v) is 10.2. The van der Waals surface area contributed by atoms with E-state index in [0.717, 1.165) is 45.2 Å². The van der Waals surface area contributed by atoms with E-state index in [0.29, 0.717) is 18.0 Å². The SMILES string of the molecule is O=C1COc2cc(S(=O)(=O)NCCCN3CCN(C4CCCCC4)CC3)ccc2N1. The number of ether oxygens (including phenoxy) is 1. The van der Waals surface area contributed by atoms with Gasteiger partial charge in [-0.05, 0) is 37.9 Å². The van der Waals surface area contributed by atoms with Gasteiger partial charge in [0.2, 0.25) is 10.0 Å². The summed E-state index contributed by atoms with van der Waals surface area (Å²) in [6.07, 6.45) is 7.61. The number of rotatable bonds is 7. The summed E-state index contributed by atoms with van der Waals surface area (Å²) in [5.74, 6) is 0.143. The zero-order chi connectivity index (χ0) is 21.0. The molecule has 1 aliphatic carbocycles. The van der Waals surface area contributed by atoms with Gasteiger partial charge in [0, 0.05) is 44.8 Å². The zero-order valence-electron chi connectivity index (χ0n) is 17.4. The van der Waals surface area contributed by atoms with Crippen LogP contribution < -0.4 is 14.8 Å². The first kappa shape index (κ1) is 21.5. The van der Waals surface area contributed by atoms with Gasteiger partial charge in [-0.25, -0.2) is 13.1 Å². The molecule has 0 bridgehead atoms. The fourth-order valence-corrected chi connectivity index (χ4v) is 5.70. The first-order valence-electron chi connectivity index (χ1n) is 11.0. The van der Waals surface area contributed by atoms with Crippen LogP contribution >= 0.6 is 0 Å². The fraction of sp³-hybridized carbons (Fsp3) is 0.667. The average molecular weight is 437 g/mol. The van der Waals surface area contributed by atoms with E-state index in [1.165, 1.54) is 44.2 Å². The summed E-state index contributed by atoms with van der Waals surface area (Å²) in [5, 5.41) is 2.66. The molecule has 1 saturated heterocycles. The summed E-state index contributed by atoms with van der Waals surface area (Å²) in [5.41, 5.74) is 0.498. The maximum atomic E-state index is 12.6. The molecule has 1 aromatic carbocycles. The minimum Gasteiger partial charge on any atom is -0.482 e. The Morgan fingerprint density at radius 3 is 2.63 bits per heavy atom. The molecular formula is C21H32N4O4S. The Labute approximate surface area is 179 Å². The van der Waals surface area contributed by atoms with Crippen LogP contribution in [-0.4, -0.2) is 76.0 Å². The Morgan fingerprint density at radius 2 is 1.87 bits per heavy atom. The lowest BCUT2D eigenvalue weighted by Gasteiger charge is -2.40. The van der Waals surface area contributed by atoms with Crippen molar-refractivity contribution in [1.82, 2.24) is 14.5 Å². The van der Waals surface area contributed by atoms with E-state index in [1.54, 1.807) is 6.07 Å². The molecule has 2 aliphatic heterocycles. The fourth-order valence-electron chi connectivity index (χ4n) is 4.61. The molecule has 3 aliphatic rings. The minimum atomic E-state index is -3.60. The van der Waals surface area contributed by atoms with Crippen LogP contribution in [-0.2, 0) is 14.8 Å². The molecule has 2 N–H and O–H groups in total. The van der Waals surface area contributed by atoms with Crippen molar-refractivity contribution in [3.8, 4) is 5.75 Å². The van der Waals surface area contributed by atoms with E-state index in [-0.39, 0.29) is 17.4 Å². The van der Waals surface area contributed by atoms with Crippen LogP contribution in [0.25, 0.3) is 0 Å². The third kappa shape index (κ3) is 5.32. The second-order valence-electron chi connectivity index (χ2n) is 8.42. The Morgan fingerprint density at radius 1 is 1.10 bits per heavy atom. The quantitative estimate of drug-likeness (QED) is 0.632. The van der Waals surface area contributed by atoms with Crippen molar-refractivity contribution >= 4 is 21.6 Å². The topological polar surface area (TPSA) is 91.0 Å². The van der Waals surface area contributed by atoms with Crippen molar-refractivity contribution in [2.45, 2.75) is 49.5 Å².